The average Bonchev–Trinajstić information content (AvgIpc) is 3.37. The van der Waals surface area contributed by atoms with Gasteiger partial charge >= 0.3 is 0 Å². The van der Waals surface area contributed by atoms with Crippen LogP contribution in [0.5, 0.6) is 0 Å². The second-order valence-electron chi connectivity index (χ2n) is 8.40. The van der Waals surface area contributed by atoms with Gasteiger partial charge in [-0.05, 0) is 30.3 Å². The summed E-state index contributed by atoms with van der Waals surface area (Å²) in [6.07, 6.45) is 0.259. The first kappa shape index (κ1) is 21.9. The van der Waals surface area contributed by atoms with Crippen LogP contribution < -0.4 is 10.6 Å². The second kappa shape index (κ2) is 8.44. The summed E-state index contributed by atoms with van der Waals surface area (Å²) in [5, 5.41) is 15.6. The van der Waals surface area contributed by atoms with E-state index in [4.69, 9.17) is 15.5 Å². The Morgan fingerprint density at radius 2 is 2.00 bits per heavy atom. The lowest BCUT2D eigenvalue weighted by atomic mass is 10.0. The summed E-state index contributed by atoms with van der Waals surface area (Å²) in [6, 6.07) is 10.8. The smallest absolute Gasteiger partial charge is 0.269 e. The number of morpholine rings is 1. The van der Waals surface area contributed by atoms with Crippen molar-refractivity contribution >= 4 is 28.7 Å². The number of carbonyl (C=O) groups excluding carboxylic acids is 2. The van der Waals surface area contributed by atoms with Gasteiger partial charge in [-0.1, -0.05) is 17.9 Å². The minimum Gasteiger partial charge on any atom is -0.378 e. The Bertz CT molecular complexity index is 1350. The monoisotopic (exact) mass is 460 g/mol. The number of hydrogen-bond donors (Lipinski definition) is 2. The van der Waals surface area contributed by atoms with Crippen molar-refractivity contribution in [1.29, 1.82) is 0 Å². The topological polar surface area (TPSA) is 127 Å². The fraction of sp³-hybridized carbons (Fsp3) is 0.333. The summed E-state index contributed by atoms with van der Waals surface area (Å²) < 4.78 is 6.99. The Morgan fingerprint density at radius 1 is 1.21 bits per heavy atom. The molecule has 0 spiro atoms. The summed E-state index contributed by atoms with van der Waals surface area (Å²) >= 11 is 0. The number of anilines is 1. The molecule has 174 valence electrons. The maximum Gasteiger partial charge on any atom is 0.269 e. The van der Waals surface area contributed by atoms with Crippen LogP contribution in [-0.4, -0.2) is 82.1 Å². The lowest BCUT2D eigenvalue weighted by Crippen LogP contribution is -2.37. The van der Waals surface area contributed by atoms with Crippen LogP contribution in [0.4, 0.5) is 5.82 Å². The number of nitrogens with two attached hydrogens (primary N) is 1. The molecule has 10 nitrogen and oxygen atoms in total. The van der Waals surface area contributed by atoms with Crippen LogP contribution in [0.25, 0.3) is 16.7 Å². The normalized spacial score (nSPS) is 20.5. The van der Waals surface area contributed by atoms with E-state index in [0.717, 1.165) is 18.9 Å². The molecule has 3 N–H and O–H groups in total. The highest BCUT2D eigenvalue weighted by atomic mass is 16.5. The predicted molar refractivity (Wildman–Crippen MR) is 124 cm³/mol. The molecular weight excluding hydrogens is 436 g/mol. The quantitative estimate of drug-likeness (QED) is 0.538. The molecule has 0 aliphatic carbocycles. The number of primary amides is 1. The van der Waals surface area contributed by atoms with Crippen molar-refractivity contribution < 1.29 is 19.4 Å². The van der Waals surface area contributed by atoms with E-state index in [2.05, 4.69) is 21.8 Å². The lowest BCUT2D eigenvalue weighted by Gasteiger charge is -2.27. The highest BCUT2D eigenvalue weighted by Crippen LogP contribution is 2.25. The minimum absolute atomic E-state index is 0.126. The van der Waals surface area contributed by atoms with Crippen LogP contribution in [-0.2, 0) is 9.53 Å². The number of rotatable bonds is 3. The maximum atomic E-state index is 12.2. The van der Waals surface area contributed by atoms with E-state index < -0.39 is 17.4 Å². The summed E-state index contributed by atoms with van der Waals surface area (Å²) in [5.41, 5.74) is 5.73. The van der Waals surface area contributed by atoms with Gasteiger partial charge in [-0.25, -0.2) is 9.67 Å². The van der Waals surface area contributed by atoms with Crippen LogP contribution >= 0.6 is 0 Å². The number of pyridine rings is 1. The summed E-state index contributed by atoms with van der Waals surface area (Å²) in [5.74, 6) is 5.34. The predicted octanol–water partition coefficient (Wildman–Crippen LogP) is 0.301. The van der Waals surface area contributed by atoms with E-state index >= 15 is 0 Å². The molecule has 2 fully saturated rings. The van der Waals surface area contributed by atoms with E-state index in [9.17, 15) is 14.7 Å². The fourth-order valence-electron chi connectivity index (χ4n) is 4.18. The number of hydrogen-bond acceptors (Lipinski definition) is 7. The van der Waals surface area contributed by atoms with Crippen LogP contribution in [0.15, 0.2) is 36.4 Å². The van der Waals surface area contributed by atoms with Gasteiger partial charge in [0.1, 0.15) is 5.82 Å². The fourth-order valence-corrected chi connectivity index (χ4v) is 4.18. The summed E-state index contributed by atoms with van der Waals surface area (Å²) in [7, 11) is 1.64. The van der Waals surface area contributed by atoms with E-state index in [0.29, 0.717) is 42.0 Å². The molecule has 2 saturated heterocycles. The molecule has 1 unspecified atom stereocenters. The molecule has 2 aliphatic heterocycles. The number of fused-ring (bicyclic) bond motifs is 1. The summed E-state index contributed by atoms with van der Waals surface area (Å²) in [4.78, 5) is 32.6. The SMILES string of the molecule is CN1CCC(O)(C#Cc2cccc(-n3nc(C(N)=O)c4ccc(N5CCOCC5)nc43)c2)C1=O. The number of likely N-dealkylation sites (N-methyl/N-ethyl adjacent to an activating group) is 1. The molecule has 1 aromatic carbocycles. The Balaban J connectivity index is 1.56. The molecule has 10 heteroatoms. The zero-order valence-corrected chi connectivity index (χ0v) is 18.7. The zero-order chi connectivity index (χ0) is 23.9. The highest BCUT2D eigenvalue weighted by Gasteiger charge is 2.42. The number of carbonyl (C=O) groups is 2. The van der Waals surface area contributed by atoms with Crippen molar-refractivity contribution in [1.82, 2.24) is 19.7 Å². The van der Waals surface area contributed by atoms with Gasteiger partial charge in [-0.2, -0.15) is 5.10 Å². The number of likely N-dealkylation sites (tertiary alicyclic amines) is 1. The number of aromatic nitrogens is 3. The molecule has 3 aromatic rings. The van der Waals surface area contributed by atoms with Crippen molar-refractivity contribution in [3.8, 4) is 17.5 Å². The van der Waals surface area contributed by atoms with Crippen molar-refractivity contribution in [3.63, 3.8) is 0 Å². The lowest BCUT2D eigenvalue weighted by molar-refractivity contribution is -0.137. The Kier molecular flexibility index (Phi) is 5.43. The highest BCUT2D eigenvalue weighted by molar-refractivity contribution is 6.03. The minimum atomic E-state index is -1.68. The largest absolute Gasteiger partial charge is 0.378 e. The van der Waals surface area contributed by atoms with Crippen molar-refractivity contribution in [2.75, 3.05) is 44.8 Å². The van der Waals surface area contributed by atoms with E-state index in [1.807, 2.05) is 12.1 Å². The van der Waals surface area contributed by atoms with E-state index in [-0.39, 0.29) is 12.1 Å². The third kappa shape index (κ3) is 3.85. The first-order valence-electron chi connectivity index (χ1n) is 11.0. The Hall–Kier alpha value is -3.94. The molecule has 0 saturated carbocycles. The van der Waals surface area contributed by atoms with Gasteiger partial charge in [-0.15, -0.1) is 0 Å². The van der Waals surface area contributed by atoms with E-state index in [1.54, 1.807) is 36.0 Å². The molecule has 1 atom stereocenters. The molecule has 2 aromatic heterocycles. The molecule has 0 bridgehead atoms. The summed E-state index contributed by atoms with van der Waals surface area (Å²) in [6.45, 7) is 3.14. The molecule has 2 amide bonds. The number of aliphatic hydroxyl groups is 1. The maximum absolute atomic E-state index is 12.2. The van der Waals surface area contributed by atoms with E-state index in [1.165, 1.54) is 4.90 Å². The van der Waals surface area contributed by atoms with Gasteiger partial charge < -0.3 is 25.4 Å². The van der Waals surface area contributed by atoms with Gasteiger partial charge in [0.15, 0.2) is 11.3 Å². The van der Waals surface area contributed by atoms with Gasteiger partial charge in [-0.3, -0.25) is 9.59 Å². The number of amides is 2. The third-order valence-corrected chi connectivity index (χ3v) is 6.10. The number of ether oxygens (including phenoxy) is 1. The van der Waals surface area contributed by atoms with Gasteiger partial charge in [0, 0.05) is 38.7 Å². The van der Waals surface area contributed by atoms with Crippen LogP contribution in [0.2, 0.25) is 0 Å². The first-order valence-corrected chi connectivity index (χ1v) is 11.0. The molecule has 2 aliphatic rings. The zero-order valence-electron chi connectivity index (χ0n) is 18.7. The molecule has 5 rings (SSSR count). The number of benzene rings is 1. The third-order valence-electron chi connectivity index (χ3n) is 6.10. The molecule has 4 heterocycles. The standard InChI is InChI=1S/C24H24N6O4/c1-28-10-9-24(33,23(28)32)8-7-16-3-2-4-17(15-16)30-22-18(20(27-30)21(25)31)5-6-19(26-22)29-11-13-34-14-12-29/h2-6,15,33H,9-14H2,1H3,(H2,25,31). The first-order chi connectivity index (χ1) is 16.4. The molecule has 0 radical (unpaired) electrons. The molecule has 34 heavy (non-hydrogen) atoms. The van der Waals surface area contributed by atoms with Crippen molar-refractivity contribution in [3.05, 3.63) is 47.7 Å². The second-order valence-corrected chi connectivity index (χ2v) is 8.40. The average molecular weight is 460 g/mol. The van der Waals surface area contributed by atoms with Gasteiger partial charge in [0.2, 0.25) is 5.60 Å². The van der Waals surface area contributed by atoms with Gasteiger partial charge in [0.05, 0.1) is 24.3 Å². The number of nitrogens with zero attached hydrogens (tertiary/aromatic N) is 5. The van der Waals surface area contributed by atoms with Crippen molar-refractivity contribution in [2.45, 2.75) is 12.0 Å². The Morgan fingerprint density at radius 3 is 2.71 bits per heavy atom. The van der Waals surface area contributed by atoms with Crippen molar-refractivity contribution in [2.24, 2.45) is 5.73 Å². The van der Waals surface area contributed by atoms with Gasteiger partial charge in [0.25, 0.3) is 11.8 Å². The Labute approximate surface area is 195 Å². The van der Waals surface area contributed by atoms with Crippen LogP contribution in [0, 0.1) is 11.8 Å². The van der Waals surface area contributed by atoms with Crippen LogP contribution in [0.1, 0.15) is 22.5 Å². The van der Waals surface area contributed by atoms with Crippen LogP contribution in [0.3, 0.4) is 0 Å². The molecular formula is C24H24N6O4.